The molecule has 2 N–H and O–H groups in total. The van der Waals surface area contributed by atoms with Gasteiger partial charge in [0, 0.05) is 67.3 Å². The molecule has 1 aromatic heterocycles. The SMILES string of the molecule is CCN(CC)c1ccc(-c2csc(Nc3ccc(N4CCNCC4)cc3)n2)cc1. The van der Waals surface area contributed by atoms with Gasteiger partial charge in [0.1, 0.15) is 0 Å². The average Bonchev–Trinajstić information content (AvgIpc) is 3.25. The van der Waals surface area contributed by atoms with Crippen LogP contribution in [0.4, 0.5) is 22.2 Å². The highest BCUT2D eigenvalue weighted by Crippen LogP contribution is 2.29. The summed E-state index contributed by atoms with van der Waals surface area (Å²) < 4.78 is 0. The van der Waals surface area contributed by atoms with E-state index >= 15 is 0 Å². The first-order valence-electron chi connectivity index (χ1n) is 10.4. The van der Waals surface area contributed by atoms with Crippen molar-refractivity contribution in [2.75, 3.05) is 54.4 Å². The largest absolute Gasteiger partial charge is 0.372 e. The van der Waals surface area contributed by atoms with Gasteiger partial charge in [0.25, 0.3) is 0 Å². The molecule has 0 aliphatic carbocycles. The molecule has 1 fully saturated rings. The molecule has 3 aromatic rings. The second-order valence-electron chi connectivity index (χ2n) is 7.17. The van der Waals surface area contributed by atoms with Crippen LogP contribution in [-0.2, 0) is 0 Å². The lowest BCUT2D eigenvalue weighted by molar-refractivity contribution is 0.589. The minimum Gasteiger partial charge on any atom is -0.372 e. The Morgan fingerprint density at radius 3 is 2.34 bits per heavy atom. The van der Waals surface area contributed by atoms with Crippen LogP contribution in [0.2, 0.25) is 0 Å². The second-order valence-corrected chi connectivity index (χ2v) is 8.02. The quantitative estimate of drug-likeness (QED) is 0.588. The Bertz CT molecular complexity index is 894. The number of benzene rings is 2. The Kier molecular flexibility index (Phi) is 6.32. The van der Waals surface area contributed by atoms with Crippen molar-refractivity contribution in [2.45, 2.75) is 13.8 Å². The van der Waals surface area contributed by atoms with Crippen molar-refractivity contribution < 1.29 is 0 Å². The molecule has 0 radical (unpaired) electrons. The number of anilines is 4. The Morgan fingerprint density at radius 2 is 1.69 bits per heavy atom. The summed E-state index contributed by atoms with van der Waals surface area (Å²) in [5.41, 5.74) is 5.78. The third-order valence-electron chi connectivity index (χ3n) is 5.40. The van der Waals surface area contributed by atoms with Gasteiger partial charge in [-0.1, -0.05) is 12.1 Å². The van der Waals surface area contributed by atoms with Crippen LogP contribution in [0.15, 0.2) is 53.9 Å². The monoisotopic (exact) mass is 407 g/mol. The van der Waals surface area contributed by atoms with Crippen LogP contribution in [0.1, 0.15) is 13.8 Å². The Labute approximate surface area is 177 Å². The molecule has 1 saturated heterocycles. The van der Waals surface area contributed by atoms with Crippen molar-refractivity contribution in [1.82, 2.24) is 10.3 Å². The Morgan fingerprint density at radius 1 is 1.00 bits per heavy atom. The molecule has 152 valence electrons. The van der Waals surface area contributed by atoms with Crippen molar-refractivity contribution in [2.24, 2.45) is 0 Å². The molecule has 2 heterocycles. The van der Waals surface area contributed by atoms with Crippen LogP contribution < -0.4 is 20.4 Å². The van der Waals surface area contributed by atoms with E-state index in [1.807, 2.05) is 0 Å². The van der Waals surface area contributed by atoms with Crippen LogP contribution >= 0.6 is 11.3 Å². The highest BCUT2D eigenvalue weighted by atomic mass is 32.1. The summed E-state index contributed by atoms with van der Waals surface area (Å²) in [6, 6.07) is 17.3. The van der Waals surface area contributed by atoms with Crippen LogP contribution in [0.3, 0.4) is 0 Å². The number of hydrogen-bond acceptors (Lipinski definition) is 6. The first kappa shape index (κ1) is 19.7. The van der Waals surface area contributed by atoms with Gasteiger partial charge in [0.2, 0.25) is 0 Å². The molecule has 0 atom stereocenters. The predicted molar refractivity (Wildman–Crippen MR) is 126 cm³/mol. The van der Waals surface area contributed by atoms with E-state index in [4.69, 9.17) is 4.98 Å². The lowest BCUT2D eigenvalue weighted by atomic mass is 10.1. The first-order valence-corrected chi connectivity index (χ1v) is 11.3. The van der Waals surface area contributed by atoms with Gasteiger partial charge >= 0.3 is 0 Å². The van der Waals surface area contributed by atoms with Crippen molar-refractivity contribution in [3.05, 3.63) is 53.9 Å². The fourth-order valence-corrected chi connectivity index (χ4v) is 4.44. The summed E-state index contributed by atoms with van der Waals surface area (Å²) >= 11 is 1.64. The molecule has 2 aromatic carbocycles. The standard InChI is InChI=1S/C23H29N5S/c1-3-27(4-2)20-9-5-18(6-10-20)22-17-29-23(26-22)25-19-7-11-21(12-8-19)28-15-13-24-14-16-28/h5-12,17,24H,3-4,13-16H2,1-2H3,(H,25,26). The zero-order chi connectivity index (χ0) is 20.1. The summed E-state index contributed by atoms with van der Waals surface area (Å²) in [6.07, 6.45) is 0. The summed E-state index contributed by atoms with van der Waals surface area (Å²) in [6.45, 7) is 10.7. The van der Waals surface area contributed by atoms with Gasteiger partial charge in [0.15, 0.2) is 5.13 Å². The predicted octanol–water partition coefficient (Wildman–Crippen LogP) is 4.81. The number of aromatic nitrogens is 1. The van der Waals surface area contributed by atoms with Crippen molar-refractivity contribution >= 4 is 33.5 Å². The van der Waals surface area contributed by atoms with Gasteiger partial charge in [-0.25, -0.2) is 4.98 Å². The zero-order valence-corrected chi connectivity index (χ0v) is 18.0. The smallest absolute Gasteiger partial charge is 0.187 e. The average molecular weight is 408 g/mol. The van der Waals surface area contributed by atoms with E-state index in [0.717, 1.165) is 61.3 Å². The lowest BCUT2D eigenvalue weighted by Gasteiger charge is -2.29. The number of rotatable bonds is 7. The van der Waals surface area contributed by atoms with E-state index in [9.17, 15) is 0 Å². The van der Waals surface area contributed by atoms with E-state index in [0.29, 0.717) is 0 Å². The topological polar surface area (TPSA) is 43.4 Å². The number of piperazine rings is 1. The van der Waals surface area contributed by atoms with Crippen LogP contribution in [0.25, 0.3) is 11.3 Å². The Hall–Kier alpha value is -2.57. The van der Waals surface area contributed by atoms with Gasteiger partial charge < -0.3 is 20.4 Å². The fourth-order valence-electron chi connectivity index (χ4n) is 3.70. The van der Waals surface area contributed by atoms with E-state index in [2.05, 4.69) is 88.2 Å². The number of nitrogens with zero attached hydrogens (tertiary/aromatic N) is 3. The van der Waals surface area contributed by atoms with E-state index in [-0.39, 0.29) is 0 Å². The summed E-state index contributed by atoms with van der Waals surface area (Å²) in [5.74, 6) is 0. The van der Waals surface area contributed by atoms with E-state index in [1.54, 1.807) is 11.3 Å². The molecule has 0 amide bonds. The number of thiazole rings is 1. The molecular formula is C23H29N5S. The van der Waals surface area contributed by atoms with Gasteiger partial charge in [-0.3, -0.25) is 0 Å². The maximum atomic E-state index is 4.78. The second kappa shape index (κ2) is 9.29. The van der Waals surface area contributed by atoms with Gasteiger partial charge in [0.05, 0.1) is 5.69 Å². The normalized spacial score (nSPS) is 14.1. The lowest BCUT2D eigenvalue weighted by Crippen LogP contribution is -2.43. The molecule has 5 nitrogen and oxygen atoms in total. The molecule has 1 aliphatic heterocycles. The van der Waals surface area contributed by atoms with Gasteiger partial charge in [-0.15, -0.1) is 11.3 Å². The van der Waals surface area contributed by atoms with Crippen LogP contribution in [0.5, 0.6) is 0 Å². The molecule has 6 heteroatoms. The highest BCUT2D eigenvalue weighted by Gasteiger charge is 2.11. The molecule has 4 rings (SSSR count). The van der Waals surface area contributed by atoms with Crippen molar-refractivity contribution in [3.63, 3.8) is 0 Å². The van der Waals surface area contributed by atoms with Gasteiger partial charge in [-0.05, 0) is 50.2 Å². The molecule has 1 aliphatic rings. The maximum absolute atomic E-state index is 4.78. The molecule has 0 unspecified atom stereocenters. The summed E-state index contributed by atoms with van der Waals surface area (Å²) in [4.78, 5) is 9.55. The highest BCUT2D eigenvalue weighted by molar-refractivity contribution is 7.14. The molecule has 0 bridgehead atoms. The molecule has 0 spiro atoms. The first-order chi connectivity index (χ1) is 14.3. The molecular weight excluding hydrogens is 378 g/mol. The minimum absolute atomic E-state index is 0.919. The summed E-state index contributed by atoms with van der Waals surface area (Å²) in [7, 11) is 0. The van der Waals surface area contributed by atoms with Crippen molar-refractivity contribution in [3.8, 4) is 11.3 Å². The maximum Gasteiger partial charge on any atom is 0.187 e. The van der Waals surface area contributed by atoms with Crippen LogP contribution in [0, 0.1) is 0 Å². The summed E-state index contributed by atoms with van der Waals surface area (Å²) in [5, 5.41) is 9.87. The number of nitrogens with one attached hydrogen (secondary N) is 2. The third-order valence-corrected chi connectivity index (χ3v) is 6.15. The van der Waals surface area contributed by atoms with Gasteiger partial charge in [-0.2, -0.15) is 0 Å². The third kappa shape index (κ3) is 4.71. The van der Waals surface area contributed by atoms with E-state index in [1.165, 1.54) is 11.4 Å². The fraction of sp³-hybridized carbons (Fsp3) is 0.348. The minimum atomic E-state index is 0.919. The van der Waals surface area contributed by atoms with Crippen LogP contribution in [-0.4, -0.2) is 44.3 Å². The molecule has 0 saturated carbocycles. The van der Waals surface area contributed by atoms with E-state index < -0.39 is 0 Å². The number of hydrogen-bond donors (Lipinski definition) is 2. The molecule has 29 heavy (non-hydrogen) atoms. The zero-order valence-electron chi connectivity index (χ0n) is 17.2. The van der Waals surface area contributed by atoms with Crippen molar-refractivity contribution in [1.29, 1.82) is 0 Å². The Balaban J connectivity index is 1.41.